The molecule has 3 N–H and O–H groups in total. The predicted molar refractivity (Wildman–Crippen MR) is 76.0 cm³/mol. The molecule has 0 aliphatic rings. The molecule has 5 heteroatoms. The second kappa shape index (κ2) is 5.71. The molecular formula is C14H14ClN3O. The van der Waals surface area contributed by atoms with E-state index in [2.05, 4.69) is 10.3 Å². The van der Waals surface area contributed by atoms with Gasteiger partial charge in [-0.25, -0.2) is 0 Å². The van der Waals surface area contributed by atoms with E-state index in [1.807, 2.05) is 19.1 Å². The molecule has 1 atom stereocenters. The van der Waals surface area contributed by atoms with E-state index in [4.69, 9.17) is 17.3 Å². The van der Waals surface area contributed by atoms with Gasteiger partial charge in [-0.15, -0.1) is 0 Å². The number of carbonyl (C=O) groups excluding carboxylic acids is 1. The lowest BCUT2D eigenvalue weighted by Gasteiger charge is -2.14. The quantitative estimate of drug-likeness (QED) is 0.847. The van der Waals surface area contributed by atoms with Gasteiger partial charge in [0.2, 0.25) is 0 Å². The van der Waals surface area contributed by atoms with Gasteiger partial charge in [0.25, 0.3) is 5.91 Å². The number of rotatable bonds is 3. The highest BCUT2D eigenvalue weighted by atomic mass is 35.5. The molecule has 0 aliphatic heterocycles. The fourth-order valence-electron chi connectivity index (χ4n) is 1.71. The summed E-state index contributed by atoms with van der Waals surface area (Å²) in [6.07, 6.45) is 3.41. The molecule has 0 aliphatic carbocycles. The summed E-state index contributed by atoms with van der Waals surface area (Å²) < 4.78 is 0. The van der Waals surface area contributed by atoms with Crippen LogP contribution in [0.25, 0.3) is 0 Å². The minimum absolute atomic E-state index is 0.144. The van der Waals surface area contributed by atoms with Crippen molar-refractivity contribution in [3.8, 4) is 0 Å². The lowest BCUT2D eigenvalue weighted by atomic mass is 10.1. The number of carbonyl (C=O) groups is 1. The molecule has 0 radical (unpaired) electrons. The maximum absolute atomic E-state index is 12.1. The molecule has 1 amide bonds. The van der Waals surface area contributed by atoms with E-state index in [9.17, 15) is 4.79 Å². The zero-order valence-electron chi connectivity index (χ0n) is 10.4. The van der Waals surface area contributed by atoms with Gasteiger partial charge in [-0.05, 0) is 36.8 Å². The van der Waals surface area contributed by atoms with Gasteiger partial charge in [0, 0.05) is 18.1 Å². The SMILES string of the molecule is CC(NC(=O)c1ccc(N)cc1Cl)c1cccnc1. The van der Waals surface area contributed by atoms with Gasteiger partial charge in [0.15, 0.2) is 0 Å². The van der Waals surface area contributed by atoms with E-state index < -0.39 is 0 Å². The first kappa shape index (κ1) is 13.4. The first-order valence-electron chi connectivity index (χ1n) is 5.83. The van der Waals surface area contributed by atoms with Crippen molar-refractivity contribution in [3.63, 3.8) is 0 Å². The van der Waals surface area contributed by atoms with Crippen molar-refractivity contribution in [3.05, 3.63) is 58.9 Å². The third-order valence-electron chi connectivity index (χ3n) is 2.77. The van der Waals surface area contributed by atoms with Gasteiger partial charge in [0.05, 0.1) is 16.6 Å². The molecule has 4 nitrogen and oxygen atoms in total. The molecule has 0 saturated heterocycles. The first-order valence-corrected chi connectivity index (χ1v) is 6.21. The third kappa shape index (κ3) is 3.23. The van der Waals surface area contributed by atoms with Gasteiger partial charge in [-0.1, -0.05) is 17.7 Å². The van der Waals surface area contributed by atoms with Crippen molar-refractivity contribution in [2.24, 2.45) is 0 Å². The van der Waals surface area contributed by atoms with E-state index in [0.717, 1.165) is 5.56 Å². The number of nitrogens with one attached hydrogen (secondary N) is 1. The summed E-state index contributed by atoms with van der Waals surface area (Å²) in [5.41, 5.74) is 7.47. The van der Waals surface area contributed by atoms with E-state index in [-0.39, 0.29) is 11.9 Å². The molecule has 1 heterocycles. The minimum Gasteiger partial charge on any atom is -0.399 e. The fourth-order valence-corrected chi connectivity index (χ4v) is 1.98. The van der Waals surface area contributed by atoms with Crippen molar-refractivity contribution in [1.82, 2.24) is 10.3 Å². The molecule has 1 aromatic carbocycles. The molecule has 0 bridgehead atoms. The van der Waals surface area contributed by atoms with Crippen LogP contribution in [0.5, 0.6) is 0 Å². The van der Waals surface area contributed by atoms with E-state index >= 15 is 0 Å². The Kier molecular flexibility index (Phi) is 4.02. The zero-order chi connectivity index (χ0) is 13.8. The Morgan fingerprint density at radius 3 is 2.84 bits per heavy atom. The van der Waals surface area contributed by atoms with E-state index in [1.54, 1.807) is 30.6 Å². The number of nitrogens with two attached hydrogens (primary N) is 1. The van der Waals surface area contributed by atoms with E-state index in [0.29, 0.717) is 16.3 Å². The van der Waals surface area contributed by atoms with Crippen molar-refractivity contribution < 1.29 is 4.79 Å². The third-order valence-corrected chi connectivity index (χ3v) is 3.08. The smallest absolute Gasteiger partial charge is 0.253 e. The normalized spacial score (nSPS) is 11.9. The number of benzene rings is 1. The molecule has 0 saturated carbocycles. The first-order chi connectivity index (χ1) is 9.08. The number of nitrogen functional groups attached to an aromatic ring is 1. The summed E-state index contributed by atoms with van der Waals surface area (Å²) in [6, 6.07) is 8.41. The topological polar surface area (TPSA) is 68.0 Å². The summed E-state index contributed by atoms with van der Waals surface area (Å²) >= 11 is 6.00. The van der Waals surface area contributed by atoms with Gasteiger partial charge >= 0.3 is 0 Å². The highest BCUT2D eigenvalue weighted by molar-refractivity contribution is 6.34. The van der Waals surface area contributed by atoms with Crippen LogP contribution in [-0.4, -0.2) is 10.9 Å². The minimum atomic E-state index is -0.235. The number of halogens is 1. The second-order valence-electron chi connectivity index (χ2n) is 4.22. The molecule has 1 unspecified atom stereocenters. The van der Waals surface area contributed by atoms with Crippen LogP contribution < -0.4 is 11.1 Å². The Morgan fingerprint density at radius 1 is 1.42 bits per heavy atom. The van der Waals surface area contributed by atoms with Crippen LogP contribution in [0.2, 0.25) is 5.02 Å². The summed E-state index contributed by atoms with van der Waals surface area (Å²) in [6.45, 7) is 1.89. The van der Waals surface area contributed by atoms with Crippen molar-refractivity contribution in [1.29, 1.82) is 0 Å². The summed E-state index contributed by atoms with van der Waals surface area (Å²) in [5.74, 6) is -0.235. The van der Waals surface area contributed by atoms with Crippen LogP contribution >= 0.6 is 11.6 Å². The Balaban J connectivity index is 2.13. The van der Waals surface area contributed by atoms with Crippen LogP contribution in [0, 0.1) is 0 Å². The molecule has 0 fully saturated rings. The standard InChI is InChI=1S/C14H14ClN3O/c1-9(10-3-2-6-17-8-10)18-14(19)12-5-4-11(16)7-13(12)15/h2-9H,16H2,1H3,(H,18,19). The van der Waals surface area contributed by atoms with Crippen molar-refractivity contribution in [2.45, 2.75) is 13.0 Å². The van der Waals surface area contributed by atoms with Crippen molar-refractivity contribution in [2.75, 3.05) is 5.73 Å². The maximum atomic E-state index is 12.1. The Bertz CT molecular complexity index is 586. The summed E-state index contributed by atoms with van der Waals surface area (Å²) in [5, 5.41) is 3.21. The number of nitrogens with zero attached hydrogens (tertiary/aromatic N) is 1. The second-order valence-corrected chi connectivity index (χ2v) is 4.63. The van der Waals surface area contributed by atoms with Gasteiger partial charge in [0.1, 0.15) is 0 Å². The van der Waals surface area contributed by atoms with Gasteiger partial charge < -0.3 is 11.1 Å². The number of pyridine rings is 1. The van der Waals surface area contributed by atoms with Crippen LogP contribution in [0.3, 0.4) is 0 Å². The largest absolute Gasteiger partial charge is 0.399 e. The van der Waals surface area contributed by atoms with Crippen LogP contribution in [0.15, 0.2) is 42.7 Å². The molecule has 98 valence electrons. The predicted octanol–water partition coefficient (Wildman–Crippen LogP) is 2.81. The lowest BCUT2D eigenvalue weighted by Crippen LogP contribution is -2.27. The number of hydrogen-bond donors (Lipinski definition) is 2. The van der Waals surface area contributed by atoms with Crippen LogP contribution in [0.1, 0.15) is 28.9 Å². The van der Waals surface area contributed by atoms with Gasteiger partial charge in [-0.3, -0.25) is 9.78 Å². The van der Waals surface area contributed by atoms with Crippen LogP contribution in [0.4, 0.5) is 5.69 Å². The zero-order valence-corrected chi connectivity index (χ0v) is 11.2. The average molecular weight is 276 g/mol. The number of hydrogen-bond acceptors (Lipinski definition) is 3. The molecular weight excluding hydrogens is 262 g/mol. The maximum Gasteiger partial charge on any atom is 0.253 e. The molecule has 1 aromatic heterocycles. The molecule has 19 heavy (non-hydrogen) atoms. The molecule has 2 aromatic rings. The Labute approximate surface area is 116 Å². The summed E-state index contributed by atoms with van der Waals surface area (Å²) in [7, 11) is 0. The Hall–Kier alpha value is -2.07. The van der Waals surface area contributed by atoms with E-state index in [1.165, 1.54) is 0 Å². The lowest BCUT2D eigenvalue weighted by molar-refractivity contribution is 0.0940. The molecule has 0 spiro atoms. The highest BCUT2D eigenvalue weighted by Gasteiger charge is 2.14. The van der Waals surface area contributed by atoms with Crippen LogP contribution in [-0.2, 0) is 0 Å². The molecule has 2 rings (SSSR count). The number of amides is 1. The summed E-state index contributed by atoms with van der Waals surface area (Å²) in [4.78, 5) is 16.1. The average Bonchev–Trinajstić information content (AvgIpc) is 2.39. The fraction of sp³-hybridized carbons (Fsp3) is 0.143. The monoisotopic (exact) mass is 275 g/mol. The number of anilines is 1. The number of aromatic nitrogens is 1. The van der Waals surface area contributed by atoms with Gasteiger partial charge in [-0.2, -0.15) is 0 Å². The van der Waals surface area contributed by atoms with Crippen molar-refractivity contribution >= 4 is 23.2 Å². The Morgan fingerprint density at radius 2 is 2.21 bits per heavy atom. The highest BCUT2D eigenvalue weighted by Crippen LogP contribution is 2.20.